The molecule has 0 aliphatic carbocycles. The third-order valence-corrected chi connectivity index (χ3v) is 2.28. The van der Waals surface area contributed by atoms with Crippen LogP contribution in [0.15, 0.2) is 12.4 Å². The number of hydrogen-bond donors (Lipinski definition) is 1. The summed E-state index contributed by atoms with van der Waals surface area (Å²) in [5, 5.41) is 7.69. The predicted molar refractivity (Wildman–Crippen MR) is 59.1 cm³/mol. The molecular formula is C11H21N3. The van der Waals surface area contributed by atoms with E-state index >= 15 is 0 Å². The molecule has 14 heavy (non-hydrogen) atoms. The summed E-state index contributed by atoms with van der Waals surface area (Å²) in [5.41, 5.74) is 1.29. The van der Waals surface area contributed by atoms with Gasteiger partial charge in [0, 0.05) is 24.8 Å². The Morgan fingerprint density at radius 3 is 2.64 bits per heavy atom. The molecule has 3 nitrogen and oxygen atoms in total. The molecule has 1 N–H and O–H groups in total. The quantitative estimate of drug-likeness (QED) is 0.780. The van der Waals surface area contributed by atoms with Gasteiger partial charge < -0.3 is 5.32 Å². The van der Waals surface area contributed by atoms with Crippen molar-refractivity contribution in [1.82, 2.24) is 15.1 Å². The third kappa shape index (κ3) is 3.14. The summed E-state index contributed by atoms with van der Waals surface area (Å²) in [4.78, 5) is 0. The maximum absolute atomic E-state index is 4.20. The van der Waals surface area contributed by atoms with E-state index in [4.69, 9.17) is 0 Å². The Hall–Kier alpha value is -0.830. The van der Waals surface area contributed by atoms with Crippen molar-refractivity contribution in [3.05, 3.63) is 18.0 Å². The highest BCUT2D eigenvalue weighted by molar-refractivity contribution is 5.10. The molecule has 0 aromatic carbocycles. The SMILES string of the molecule is CCNC(CC(C)C)c1cnn(C)c1. The van der Waals surface area contributed by atoms with Crippen molar-refractivity contribution in [2.45, 2.75) is 33.2 Å². The molecule has 1 unspecified atom stereocenters. The van der Waals surface area contributed by atoms with E-state index in [9.17, 15) is 0 Å². The fraction of sp³-hybridized carbons (Fsp3) is 0.727. The summed E-state index contributed by atoms with van der Waals surface area (Å²) >= 11 is 0. The monoisotopic (exact) mass is 195 g/mol. The molecule has 3 heteroatoms. The molecule has 1 aromatic rings. The maximum Gasteiger partial charge on any atom is 0.0537 e. The van der Waals surface area contributed by atoms with E-state index in [0.717, 1.165) is 6.54 Å². The standard InChI is InChI=1S/C11H21N3/c1-5-12-11(6-9(2)3)10-7-13-14(4)8-10/h7-9,11-12H,5-6H2,1-4H3. The minimum Gasteiger partial charge on any atom is -0.310 e. The van der Waals surface area contributed by atoms with Gasteiger partial charge >= 0.3 is 0 Å². The van der Waals surface area contributed by atoms with Crippen LogP contribution >= 0.6 is 0 Å². The minimum absolute atomic E-state index is 0.452. The Kier molecular flexibility index (Phi) is 4.14. The van der Waals surface area contributed by atoms with E-state index in [0.29, 0.717) is 12.0 Å². The van der Waals surface area contributed by atoms with Crippen LogP contribution in [0.2, 0.25) is 0 Å². The van der Waals surface area contributed by atoms with Crippen LogP contribution in [0.4, 0.5) is 0 Å². The molecule has 1 rings (SSSR count). The molecule has 0 saturated heterocycles. The zero-order valence-electron chi connectivity index (χ0n) is 9.62. The lowest BCUT2D eigenvalue weighted by molar-refractivity contribution is 0.438. The van der Waals surface area contributed by atoms with Gasteiger partial charge in [-0.15, -0.1) is 0 Å². The lowest BCUT2D eigenvalue weighted by atomic mass is 9.99. The molecule has 1 aromatic heterocycles. The molecule has 0 radical (unpaired) electrons. The van der Waals surface area contributed by atoms with E-state index in [-0.39, 0.29) is 0 Å². The fourth-order valence-electron chi connectivity index (χ4n) is 1.68. The first-order chi connectivity index (χ1) is 6.63. The van der Waals surface area contributed by atoms with Crippen LogP contribution in [0.25, 0.3) is 0 Å². The van der Waals surface area contributed by atoms with Crippen molar-refractivity contribution >= 4 is 0 Å². The van der Waals surface area contributed by atoms with E-state index in [1.807, 2.05) is 17.9 Å². The van der Waals surface area contributed by atoms with Gasteiger partial charge in [0.25, 0.3) is 0 Å². The smallest absolute Gasteiger partial charge is 0.0537 e. The second kappa shape index (κ2) is 5.15. The molecular weight excluding hydrogens is 174 g/mol. The molecule has 1 heterocycles. The molecule has 0 aliphatic heterocycles. The molecule has 0 fully saturated rings. The van der Waals surface area contributed by atoms with E-state index in [2.05, 4.69) is 37.4 Å². The first-order valence-corrected chi connectivity index (χ1v) is 5.35. The van der Waals surface area contributed by atoms with Crippen molar-refractivity contribution in [2.24, 2.45) is 13.0 Å². The number of rotatable bonds is 5. The summed E-state index contributed by atoms with van der Waals surface area (Å²) < 4.78 is 1.86. The molecule has 0 spiro atoms. The van der Waals surface area contributed by atoms with Crippen LogP contribution in [-0.2, 0) is 7.05 Å². The van der Waals surface area contributed by atoms with Crippen molar-refractivity contribution in [2.75, 3.05) is 6.54 Å². The Bertz CT molecular complexity index is 265. The fourth-order valence-corrected chi connectivity index (χ4v) is 1.68. The number of hydrogen-bond acceptors (Lipinski definition) is 2. The van der Waals surface area contributed by atoms with Gasteiger partial charge in [0.05, 0.1) is 6.20 Å². The van der Waals surface area contributed by atoms with Gasteiger partial charge in [0.1, 0.15) is 0 Å². The van der Waals surface area contributed by atoms with E-state index in [1.54, 1.807) is 0 Å². The third-order valence-electron chi connectivity index (χ3n) is 2.28. The number of aryl methyl sites for hydroxylation is 1. The van der Waals surface area contributed by atoms with Gasteiger partial charge in [0.2, 0.25) is 0 Å². The van der Waals surface area contributed by atoms with Crippen LogP contribution < -0.4 is 5.32 Å². The largest absolute Gasteiger partial charge is 0.310 e. The second-order valence-corrected chi connectivity index (χ2v) is 4.19. The average molecular weight is 195 g/mol. The zero-order valence-corrected chi connectivity index (χ0v) is 9.62. The first kappa shape index (κ1) is 11.2. The van der Waals surface area contributed by atoms with Gasteiger partial charge in [-0.2, -0.15) is 5.10 Å². The highest BCUT2D eigenvalue weighted by Gasteiger charge is 2.13. The van der Waals surface area contributed by atoms with Crippen LogP contribution in [0, 0.1) is 5.92 Å². The van der Waals surface area contributed by atoms with Crippen LogP contribution in [-0.4, -0.2) is 16.3 Å². The normalized spacial score (nSPS) is 13.5. The van der Waals surface area contributed by atoms with Crippen LogP contribution in [0.3, 0.4) is 0 Å². The Labute approximate surface area is 86.5 Å². The van der Waals surface area contributed by atoms with Crippen molar-refractivity contribution in [1.29, 1.82) is 0 Å². The van der Waals surface area contributed by atoms with Crippen molar-refractivity contribution in [3.8, 4) is 0 Å². The molecule has 0 saturated carbocycles. The predicted octanol–water partition coefficient (Wildman–Crippen LogP) is 2.12. The average Bonchev–Trinajstić information content (AvgIpc) is 2.50. The minimum atomic E-state index is 0.452. The lowest BCUT2D eigenvalue weighted by Crippen LogP contribution is -2.22. The Morgan fingerprint density at radius 2 is 2.21 bits per heavy atom. The van der Waals surface area contributed by atoms with E-state index < -0.39 is 0 Å². The summed E-state index contributed by atoms with van der Waals surface area (Å²) in [7, 11) is 1.96. The van der Waals surface area contributed by atoms with Crippen molar-refractivity contribution in [3.63, 3.8) is 0 Å². The van der Waals surface area contributed by atoms with Gasteiger partial charge in [-0.25, -0.2) is 0 Å². The second-order valence-electron chi connectivity index (χ2n) is 4.19. The highest BCUT2D eigenvalue weighted by atomic mass is 15.2. The Morgan fingerprint density at radius 1 is 1.50 bits per heavy atom. The number of nitrogens with zero attached hydrogens (tertiary/aromatic N) is 2. The summed E-state index contributed by atoms with van der Waals surface area (Å²) in [6, 6.07) is 0.452. The highest BCUT2D eigenvalue weighted by Crippen LogP contribution is 2.20. The Balaban J connectivity index is 2.66. The lowest BCUT2D eigenvalue weighted by Gasteiger charge is -2.18. The molecule has 0 aliphatic rings. The van der Waals surface area contributed by atoms with Gasteiger partial charge in [-0.3, -0.25) is 4.68 Å². The van der Waals surface area contributed by atoms with Gasteiger partial charge in [-0.05, 0) is 18.9 Å². The summed E-state index contributed by atoms with van der Waals surface area (Å²) in [5.74, 6) is 0.708. The number of aromatic nitrogens is 2. The zero-order chi connectivity index (χ0) is 10.6. The number of nitrogens with one attached hydrogen (secondary N) is 1. The van der Waals surface area contributed by atoms with Gasteiger partial charge in [-0.1, -0.05) is 20.8 Å². The van der Waals surface area contributed by atoms with E-state index in [1.165, 1.54) is 12.0 Å². The topological polar surface area (TPSA) is 29.9 Å². The first-order valence-electron chi connectivity index (χ1n) is 5.35. The molecule has 1 atom stereocenters. The molecule has 80 valence electrons. The van der Waals surface area contributed by atoms with Crippen LogP contribution in [0.1, 0.15) is 38.8 Å². The molecule has 0 amide bonds. The summed E-state index contributed by atoms with van der Waals surface area (Å²) in [6.07, 6.45) is 5.21. The maximum atomic E-state index is 4.20. The van der Waals surface area contributed by atoms with Crippen molar-refractivity contribution < 1.29 is 0 Å². The molecule has 0 bridgehead atoms. The summed E-state index contributed by atoms with van der Waals surface area (Å²) in [6.45, 7) is 7.65. The van der Waals surface area contributed by atoms with Crippen LogP contribution in [0.5, 0.6) is 0 Å². The van der Waals surface area contributed by atoms with Gasteiger partial charge in [0.15, 0.2) is 0 Å².